The standard InChI is InChI=1S/C25H22BrCl2N3O4/c1-15(30-25(33)18-5-7-19(34-2)8-6-18)24(32)31-29-13-16-4-10-23(20(26)11-16)35-14-17-3-9-21(27)22(28)12-17/h3-13,15H,14H2,1-2H3,(H,30,33)(H,31,32). The Labute approximate surface area is 221 Å². The Morgan fingerprint density at radius 1 is 1.06 bits per heavy atom. The molecule has 3 aromatic carbocycles. The van der Waals surface area contributed by atoms with Gasteiger partial charge in [0.05, 0.1) is 27.8 Å². The number of hydrogen-bond donors (Lipinski definition) is 2. The molecule has 0 aliphatic carbocycles. The molecule has 0 spiro atoms. The molecule has 10 heteroatoms. The molecule has 3 aromatic rings. The summed E-state index contributed by atoms with van der Waals surface area (Å²) in [5.41, 5.74) is 4.45. The summed E-state index contributed by atoms with van der Waals surface area (Å²) in [4.78, 5) is 24.6. The van der Waals surface area contributed by atoms with Crippen molar-refractivity contribution in [3.63, 3.8) is 0 Å². The Kier molecular flexibility index (Phi) is 9.54. The number of rotatable bonds is 9. The predicted octanol–water partition coefficient (Wildman–Crippen LogP) is 5.61. The summed E-state index contributed by atoms with van der Waals surface area (Å²) in [6, 6.07) is 16.5. The molecule has 0 saturated carbocycles. The van der Waals surface area contributed by atoms with Crippen molar-refractivity contribution in [3.05, 3.63) is 91.9 Å². The van der Waals surface area contributed by atoms with Crippen LogP contribution < -0.4 is 20.2 Å². The number of nitrogens with one attached hydrogen (secondary N) is 2. The van der Waals surface area contributed by atoms with Crippen molar-refractivity contribution in [1.82, 2.24) is 10.7 Å². The lowest BCUT2D eigenvalue weighted by Crippen LogP contribution is -2.43. The second-order valence-electron chi connectivity index (χ2n) is 7.38. The van der Waals surface area contributed by atoms with Gasteiger partial charge in [-0.1, -0.05) is 29.3 Å². The van der Waals surface area contributed by atoms with E-state index in [4.69, 9.17) is 32.7 Å². The van der Waals surface area contributed by atoms with Crippen LogP contribution in [0.25, 0.3) is 0 Å². The third-order valence-corrected chi connectivity index (χ3v) is 6.17. The van der Waals surface area contributed by atoms with Crippen LogP contribution in [0.5, 0.6) is 11.5 Å². The third-order valence-electron chi connectivity index (χ3n) is 4.82. The third kappa shape index (κ3) is 7.71. The zero-order valence-corrected chi connectivity index (χ0v) is 21.9. The van der Waals surface area contributed by atoms with Gasteiger partial charge in [0.15, 0.2) is 0 Å². The van der Waals surface area contributed by atoms with Crippen molar-refractivity contribution in [3.8, 4) is 11.5 Å². The van der Waals surface area contributed by atoms with Crippen LogP contribution in [0.4, 0.5) is 0 Å². The highest BCUT2D eigenvalue weighted by molar-refractivity contribution is 9.10. The summed E-state index contributed by atoms with van der Waals surface area (Å²) in [5.74, 6) is 0.440. The van der Waals surface area contributed by atoms with Gasteiger partial charge >= 0.3 is 0 Å². The molecule has 0 aliphatic heterocycles. The number of benzene rings is 3. The van der Waals surface area contributed by atoms with Gasteiger partial charge in [0.1, 0.15) is 24.1 Å². The lowest BCUT2D eigenvalue weighted by molar-refractivity contribution is -0.122. The molecule has 182 valence electrons. The molecular formula is C25H22BrCl2N3O4. The summed E-state index contributed by atoms with van der Waals surface area (Å²) in [7, 11) is 1.54. The Balaban J connectivity index is 1.50. The second kappa shape index (κ2) is 12.6. The lowest BCUT2D eigenvalue weighted by Gasteiger charge is -2.12. The van der Waals surface area contributed by atoms with Crippen molar-refractivity contribution in [2.45, 2.75) is 19.6 Å². The summed E-state index contributed by atoms with van der Waals surface area (Å²) < 4.78 is 11.6. The first kappa shape index (κ1) is 26.5. The van der Waals surface area contributed by atoms with Crippen LogP contribution in [0.15, 0.2) is 70.2 Å². The van der Waals surface area contributed by atoms with E-state index in [2.05, 4.69) is 31.8 Å². The summed E-state index contributed by atoms with van der Waals surface area (Å²) in [6.07, 6.45) is 1.49. The molecule has 2 N–H and O–H groups in total. The minimum atomic E-state index is -0.786. The highest BCUT2D eigenvalue weighted by Gasteiger charge is 2.16. The maximum Gasteiger partial charge on any atom is 0.262 e. The first-order valence-electron chi connectivity index (χ1n) is 10.4. The first-order chi connectivity index (χ1) is 16.8. The Morgan fingerprint density at radius 3 is 2.46 bits per heavy atom. The fourth-order valence-electron chi connectivity index (χ4n) is 2.86. The molecule has 0 saturated heterocycles. The van der Waals surface area contributed by atoms with Gasteiger partial charge in [0.2, 0.25) is 0 Å². The highest BCUT2D eigenvalue weighted by atomic mass is 79.9. The second-order valence-corrected chi connectivity index (χ2v) is 9.05. The minimum Gasteiger partial charge on any atom is -0.497 e. The van der Waals surface area contributed by atoms with Crippen LogP contribution in [0, 0.1) is 0 Å². The van der Waals surface area contributed by atoms with Crippen LogP contribution in [0.3, 0.4) is 0 Å². The van der Waals surface area contributed by atoms with Gasteiger partial charge in [0.25, 0.3) is 11.8 Å². The minimum absolute atomic E-state index is 0.319. The van der Waals surface area contributed by atoms with E-state index >= 15 is 0 Å². The van der Waals surface area contributed by atoms with Crippen molar-refractivity contribution in [2.24, 2.45) is 5.10 Å². The van der Waals surface area contributed by atoms with Gasteiger partial charge in [-0.2, -0.15) is 5.10 Å². The number of amides is 2. The van der Waals surface area contributed by atoms with E-state index in [1.54, 1.807) is 68.6 Å². The van der Waals surface area contributed by atoms with E-state index in [1.807, 2.05) is 6.07 Å². The molecule has 2 amide bonds. The molecule has 1 unspecified atom stereocenters. The number of methoxy groups -OCH3 is 1. The van der Waals surface area contributed by atoms with Crippen LogP contribution in [-0.4, -0.2) is 31.2 Å². The Morgan fingerprint density at radius 2 is 1.80 bits per heavy atom. The van der Waals surface area contributed by atoms with Gasteiger partial charge in [-0.3, -0.25) is 9.59 Å². The summed E-state index contributed by atoms with van der Waals surface area (Å²) in [5, 5.41) is 7.55. The topological polar surface area (TPSA) is 89.0 Å². The summed E-state index contributed by atoms with van der Waals surface area (Å²) in [6.45, 7) is 1.89. The van der Waals surface area contributed by atoms with Crippen molar-refractivity contribution in [2.75, 3.05) is 7.11 Å². The fourth-order valence-corrected chi connectivity index (χ4v) is 3.69. The number of nitrogens with zero attached hydrogens (tertiary/aromatic N) is 1. The maximum atomic E-state index is 12.3. The average Bonchev–Trinajstić information content (AvgIpc) is 2.85. The van der Waals surface area contributed by atoms with Gasteiger partial charge in [-0.05, 0) is 88.6 Å². The van der Waals surface area contributed by atoms with Crippen molar-refractivity contribution < 1.29 is 19.1 Å². The molecule has 3 rings (SSSR count). The number of carbonyl (C=O) groups excluding carboxylic acids is 2. The molecule has 0 radical (unpaired) electrons. The van der Waals surface area contributed by atoms with Crippen molar-refractivity contribution in [1.29, 1.82) is 0 Å². The quantitative estimate of drug-likeness (QED) is 0.255. The largest absolute Gasteiger partial charge is 0.497 e. The zero-order chi connectivity index (χ0) is 25.4. The Hall–Kier alpha value is -3.07. The lowest BCUT2D eigenvalue weighted by atomic mass is 10.2. The van der Waals surface area contributed by atoms with Crippen LogP contribution in [0.2, 0.25) is 10.0 Å². The Bertz CT molecular complexity index is 1240. The maximum absolute atomic E-state index is 12.3. The predicted molar refractivity (Wildman–Crippen MR) is 141 cm³/mol. The van der Waals surface area contributed by atoms with Crippen LogP contribution in [-0.2, 0) is 11.4 Å². The number of hydrazone groups is 1. The molecule has 7 nitrogen and oxygen atoms in total. The van der Waals surface area contributed by atoms with Gasteiger partial charge in [0, 0.05) is 5.56 Å². The van der Waals surface area contributed by atoms with E-state index in [9.17, 15) is 9.59 Å². The van der Waals surface area contributed by atoms with E-state index in [1.165, 1.54) is 6.21 Å². The first-order valence-corrected chi connectivity index (χ1v) is 12.0. The molecule has 0 aromatic heterocycles. The molecule has 0 fully saturated rings. The molecule has 0 bridgehead atoms. The summed E-state index contributed by atoms with van der Waals surface area (Å²) >= 11 is 15.4. The van der Waals surface area contributed by atoms with Crippen LogP contribution in [0.1, 0.15) is 28.4 Å². The van der Waals surface area contributed by atoms with Gasteiger partial charge in [-0.25, -0.2) is 5.43 Å². The zero-order valence-electron chi connectivity index (χ0n) is 18.8. The number of carbonyl (C=O) groups is 2. The molecule has 0 aliphatic rings. The molecule has 35 heavy (non-hydrogen) atoms. The molecule has 0 heterocycles. The number of hydrogen-bond acceptors (Lipinski definition) is 5. The average molecular weight is 579 g/mol. The smallest absolute Gasteiger partial charge is 0.262 e. The van der Waals surface area contributed by atoms with E-state index in [-0.39, 0.29) is 5.91 Å². The molecule has 1 atom stereocenters. The van der Waals surface area contributed by atoms with E-state index in [0.717, 1.165) is 11.1 Å². The normalized spacial score (nSPS) is 11.7. The fraction of sp³-hybridized carbons (Fsp3) is 0.160. The van der Waals surface area contributed by atoms with Crippen LogP contribution >= 0.6 is 39.1 Å². The number of halogens is 3. The SMILES string of the molecule is COc1ccc(C(=O)NC(C)C(=O)NN=Cc2ccc(OCc3ccc(Cl)c(Cl)c3)c(Br)c2)cc1. The number of ether oxygens (including phenoxy) is 2. The van der Waals surface area contributed by atoms with Gasteiger partial charge in [-0.15, -0.1) is 0 Å². The van der Waals surface area contributed by atoms with Gasteiger partial charge < -0.3 is 14.8 Å². The highest BCUT2D eigenvalue weighted by Crippen LogP contribution is 2.28. The monoisotopic (exact) mass is 577 g/mol. The van der Waals surface area contributed by atoms with E-state index in [0.29, 0.717) is 38.2 Å². The van der Waals surface area contributed by atoms with E-state index < -0.39 is 11.9 Å². The van der Waals surface area contributed by atoms with Crippen molar-refractivity contribution >= 4 is 57.2 Å². The molecular weight excluding hydrogens is 557 g/mol.